The lowest BCUT2D eigenvalue weighted by atomic mass is 10.1. The molecular formula is C35H22N4S. The predicted octanol–water partition coefficient (Wildman–Crippen LogP) is 9.18. The van der Waals surface area contributed by atoms with E-state index in [9.17, 15) is 0 Å². The van der Waals surface area contributed by atoms with Crippen molar-refractivity contribution in [3.63, 3.8) is 0 Å². The standard InChI is InChI=1S/C35H22N4S/c1-4-13-23(14-5-1)33-36-34(24-15-6-2-7-16-24)38-35(37-33)28-21-12-20-27-30-32(40-31(27)28)26-19-10-11-22-29(26)39(30)25-17-8-3-9-18-25/h1-22H. The number of hydrogen-bond donors (Lipinski definition) is 0. The third kappa shape index (κ3) is 3.63. The average molecular weight is 531 g/mol. The molecule has 0 unspecified atom stereocenters. The van der Waals surface area contributed by atoms with Crippen LogP contribution in [0.3, 0.4) is 0 Å². The molecule has 5 heteroatoms. The van der Waals surface area contributed by atoms with Gasteiger partial charge in [0.25, 0.3) is 0 Å². The van der Waals surface area contributed by atoms with Crippen LogP contribution in [0.4, 0.5) is 0 Å². The zero-order valence-electron chi connectivity index (χ0n) is 21.4. The lowest BCUT2D eigenvalue weighted by molar-refractivity contribution is 1.08. The van der Waals surface area contributed by atoms with Gasteiger partial charge in [0.15, 0.2) is 17.5 Å². The fourth-order valence-electron chi connectivity index (χ4n) is 5.44. The Labute approximate surface area is 234 Å². The third-order valence-corrected chi connectivity index (χ3v) is 8.52. The van der Waals surface area contributed by atoms with Crippen molar-refractivity contribution in [1.82, 2.24) is 19.5 Å². The molecule has 0 aliphatic rings. The summed E-state index contributed by atoms with van der Waals surface area (Å²) in [4.78, 5) is 14.9. The molecule has 0 bridgehead atoms. The van der Waals surface area contributed by atoms with Crippen LogP contribution in [0.5, 0.6) is 0 Å². The van der Waals surface area contributed by atoms with Crippen LogP contribution in [0, 0.1) is 0 Å². The molecule has 5 aromatic carbocycles. The number of hydrogen-bond acceptors (Lipinski definition) is 4. The Hall–Kier alpha value is -5.13. The molecule has 0 N–H and O–H groups in total. The van der Waals surface area contributed by atoms with Gasteiger partial charge in [-0.15, -0.1) is 11.3 Å². The van der Waals surface area contributed by atoms with Crippen LogP contribution in [0.15, 0.2) is 133 Å². The van der Waals surface area contributed by atoms with Crippen molar-refractivity contribution >= 4 is 42.5 Å². The Morgan fingerprint density at radius 3 is 1.68 bits per heavy atom. The SMILES string of the molecule is c1ccc(-c2nc(-c3ccccc3)nc(-c3cccc4c3sc3c5ccccc5n(-c5ccccc5)c43)n2)cc1. The third-order valence-electron chi connectivity index (χ3n) is 7.26. The van der Waals surface area contributed by atoms with Gasteiger partial charge in [-0.05, 0) is 24.3 Å². The normalized spacial score (nSPS) is 11.5. The molecular weight excluding hydrogens is 508 g/mol. The fourth-order valence-corrected chi connectivity index (χ4v) is 6.77. The minimum atomic E-state index is 0.668. The van der Waals surface area contributed by atoms with Crippen LogP contribution in [-0.2, 0) is 0 Å². The summed E-state index contributed by atoms with van der Waals surface area (Å²) in [6.45, 7) is 0. The quantitative estimate of drug-likeness (QED) is 0.228. The van der Waals surface area contributed by atoms with Crippen molar-refractivity contribution in [2.24, 2.45) is 0 Å². The average Bonchev–Trinajstić information content (AvgIpc) is 3.57. The molecule has 0 radical (unpaired) electrons. The van der Waals surface area contributed by atoms with E-state index in [0.29, 0.717) is 17.5 Å². The second kappa shape index (κ2) is 9.26. The van der Waals surface area contributed by atoms with Gasteiger partial charge in [-0.25, -0.2) is 15.0 Å². The number of rotatable bonds is 4. The highest BCUT2D eigenvalue weighted by molar-refractivity contribution is 7.27. The van der Waals surface area contributed by atoms with Gasteiger partial charge in [-0.2, -0.15) is 0 Å². The molecule has 0 fully saturated rings. The minimum absolute atomic E-state index is 0.668. The smallest absolute Gasteiger partial charge is 0.165 e. The van der Waals surface area contributed by atoms with Crippen molar-refractivity contribution in [2.45, 2.75) is 0 Å². The van der Waals surface area contributed by atoms with Crippen molar-refractivity contribution in [3.8, 4) is 39.9 Å². The first-order valence-electron chi connectivity index (χ1n) is 13.2. The van der Waals surface area contributed by atoms with E-state index in [0.717, 1.165) is 22.4 Å². The van der Waals surface area contributed by atoms with E-state index in [2.05, 4.69) is 77.4 Å². The Bertz CT molecular complexity index is 2090. The highest BCUT2D eigenvalue weighted by Crippen LogP contribution is 2.45. The molecule has 3 aromatic heterocycles. The Morgan fingerprint density at radius 1 is 0.450 bits per heavy atom. The first-order valence-corrected chi connectivity index (χ1v) is 14.0. The lowest BCUT2D eigenvalue weighted by Crippen LogP contribution is -2.00. The lowest BCUT2D eigenvalue weighted by Gasteiger charge is -2.10. The van der Waals surface area contributed by atoms with E-state index in [-0.39, 0.29) is 0 Å². The first kappa shape index (κ1) is 22.8. The van der Waals surface area contributed by atoms with E-state index in [4.69, 9.17) is 15.0 Å². The molecule has 188 valence electrons. The van der Waals surface area contributed by atoms with Crippen LogP contribution in [0.2, 0.25) is 0 Å². The van der Waals surface area contributed by atoms with Crippen molar-refractivity contribution in [1.29, 1.82) is 0 Å². The summed E-state index contributed by atoms with van der Waals surface area (Å²) in [5, 5.41) is 2.44. The molecule has 0 aliphatic heterocycles. The second-order valence-electron chi connectivity index (χ2n) is 9.69. The van der Waals surface area contributed by atoms with Gasteiger partial charge in [0, 0.05) is 37.9 Å². The fraction of sp³-hybridized carbons (Fsp3) is 0. The molecule has 8 aromatic rings. The van der Waals surface area contributed by atoms with Crippen LogP contribution >= 0.6 is 11.3 Å². The first-order chi connectivity index (χ1) is 19.8. The summed E-state index contributed by atoms with van der Waals surface area (Å²) in [6.07, 6.45) is 0. The van der Waals surface area contributed by atoms with E-state index < -0.39 is 0 Å². The molecule has 40 heavy (non-hydrogen) atoms. The summed E-state index contributed by atoms with van der Waals surface area (Å²) in [5.41, 5.74) is 6.52. The number of aromatic nitrogens is 4. The monoisotopic (exact) mass is 530 g/mol. The topological polar surface area (TPSA) is 43.6 Å². The van der Waals surface area contributed by atoms with E-state index >= 15 is 0 Å². The van der Waals surface area contributed by atoms with Crippen LogP contribution < -0.4 is 0 Å². The van der Waals surface area contributed by atoms with Gasteiger partial charge in [0.05, 0.1) is 15.7 Å². The maximum absolute atomic E-state index is 5.02. The van der Waals surface area contributed by atoms with Gasteiger partial charge in [0.1, 0.15) is 0 Å². The molecule has 0 saturated heterocycles. The summed E-state index contributed by atoms with van der Waals surface area (Å²) in [7, 11) is 0. The molecule has 0 amide bonds. The Morgan fingerprint density at radius 2 is 1.00 bits per heavy atom. The molecule has 0 atom stereocenters. The van der Waals surface area contributed by atoms with Crippen LogP contribution in [0.25, 0.3) is 71.1 Å². The number of thiophene rings is 1. The number of benzene rings is 5. The molecule has 0 aliphatic carbocycles. The van der Waals surface area contributed by atoms with Crippen molar-refractivity contribution in [3.05, 3.63) is 133 Å². The zero-order chi connectivity index (χ0) is 26.5. The van der Waals surface area contributed by atoms with Gasteiger partial charge in [-0.3, -0.25) is 0 Å². The molecule has 8 rings (SSSR count). The maximum atomic E-state index is 5.02. The minimum Gasteiger partial charge on any atom is -0.308 e. The van der Waals surface area contributed by atoms with E-state index in [1.165, 1.54) is 31.2 Å². The molecule has 3 heterocycles. The van der Waals surface area contributed by atoms with Gasteiger partial charge >= 0.3 is 0 Å². The Balaban J connectivity index is 1.43. The highest BCUT2D eigenvalue weighted by Gasteiger charge is 2.21. The number of para-hydroxylation sites is 2. The van der Waals surface area contributed by atoms with Gasteiger partial charge < -0.3 is 4.57 Å². The summed E-state index contributed by atoms with van der Waals surface area (Å²) in [6, 6.07) is 46.0. The van der Waals surface area contributed by atoms with Crippen molar-refractivity contribution < 1.29 is 0 Å². The number of fused-ring (bicyclic) bond motifs is 5. The summed E-state index contributed by atoms with van der Waals surface area (Å²) < 4.78 is 4.82. The largest absolute Gasteiger partial charge is 0.308 e. The van der Waals surface area contributed by atoms with E-state index in [1.807, 2.05) is 72.0 Å². The van der Waals surface area contributed by atoms with Crippen LogP contribution in [0.1, 0.15) is 0 Å². The number of nitrogens with zero attached hydrogens (tertiary/aromatic N) is 4. The molecule has 0 saturated carbocycles. The summed E-state index contributed by atoms with van der Waals surface area (Å²) in [5.74, 6) is 2.02. The van der Waals surface area contributed by atoms with E-state index in [1.54, 1.807) is 0 Å². The van der Waals surface area contributed by atoms with Crippen LogP contribution in [-0.4, -0.2) is 19.5 Å². The van der Waals surface area contributed by atoms with Gasteiger partial charge in [-0.1, -0.05) is 109 Å². The molecule has 4 nitrogen and oxygen atoms in total. The summed E-state index contributed by atoms with van der Waals surface area (Å²) >= 11 is 1.81. The zero-order valence-corrected chi connectivity index (χ0v) is 22.2. The predicted molar refractivity (Wildman–Crippen MR) is 166 cm³/mol. The van der Waals surface area contributed by atoms with Crippen molar-refractivity contribution in [2.75, 3.05) is 0 Å². The maximum Gasteiger partial charge on any atom is 0.165 e. The molecule has 0 spiro atoms. The van der Waals surface area contributed by atoms with Gasteiger partial charge in [0.2, 0.25) is 0 Å². The Kier molecular flexibility index (Phi) is 5.28. The second-order valence-corrected chi connectivity index (χ2v) is 10.7. The highest BCUT2D eigenvalue weighted by atomic mass is 32.1.